The molecule has 37 heavy (non-hydrogen) atoms. The molecule has 3 aromatic carbocycles. The maximum Gasteiger partial charge on any atom is 0.225 e. The maximum absolute atomic E-state index is 10.8. The van der Waals surface area contributed by atoms with Gasteiger partial charge in [0.1, 0.15) is 35.4 Å². The number of hydrogen-bond donors (Lipinski definition) is 5. The van der Waals surface area contributed by atoms with Crippen molar-refractivity contribution in [3.05, 3.63) is 94.0 Å². The van der Waals surface area contributed by atoms with Gasteiger partial charge in [-0.15, -0.1) is 0 Å². The van der Waals surface area contributed by atoms with Crippen molar-refractivity contribution in [1.29, 1.82) is 5.41 Å². The first-order chi connectivity index (χ1) is 17.7. The average molecular weight is 526 g/mol. The van der Waals surface area contributed by atoms with Crippen molar-refractivity contribution in [1.82, 2.24) is 0 Å². The smallest absolute Gasteiger partial charge is 0.225 e. The summed E-state index contributed by atoms with van der Waals surface area (Å²) in [5.74, 6) is -0.418. The van der Waals surface area contributed by atoms with Crippen LogP contribution in [0.5, 0.6) is 11.5 Å². The first-order valence-electron chi connectivity index (χ1n) is 11.9. The normalized spacial score (nSPS) is 28.8. The van der Waals surface area contributed by atoms with Gasteiger partial charge in [-0.2, -0.15) is 0 Å². The number of nitrogens with one attached hydrogen (secondary N) is 1. The largest absolute Gasteiger partial charge is 0.457 e. The van der Waals surface area contributed by atoms with E-state index in [1.807, 2.05) is 48.5 Å². The van der Waals surface area contributed by atoms with Gasteiger partial charge in [0.15, 0.2) is 0 Å². The fraction of sp³-hybridized carbons (Fsp3) is 0.321. The van der Waals surface area contributed by atoms with Crippen molar-refractivity contribution in [3.63, 3.8) is 0 Å². The predicted molar refractivity (Wildman–Crippen MR) is 136 cm³/mol. The first kappa shape index (κ1) is 25.8. The second kappa shape index (κ2) is 9.81. The minimum absolute atomic E-state index is 0.193. The van der Waals surface area contributed by atoms with Gasteiger partial charge in [0.25, 0.3) is 0 Å². The molecule has 194 valence electrons. The maximum atomic E-state index is 10.8. The van der Waals surface area contributed by atoms with E-state index in [-0.39, 0.29) is 6.61 Å². The van der Waals surface area contributed by atoms with Crippen LogP contribution in [0.4, 0.5) is 0 Å². The summed E-state index contributed by atoms with van der Waals surface area (Å²) in [5, 5.41) is 49.7. The molecule has 0 spiro atoms. The monoisotopic (exact) mass is 525 g/mol. The van der Waals surface area contributed by atoms with Crippen molar-refractivity contribution in [2.75, 3.05) is 13.2 Å². The minimum Gasteiger partial charge on any atom is -0.457 e. The third-order valence-electron chi connectivity index (χ3n) is 7.02. The number of rotatable bonds is 7. The zero-order chi connectivity index (χ0) is 26.4. The van der Waals surface area contributed by atoms with E-state index in [2.05, 4.69) is 0 Å². The van der Waals surface area contributed by atoms with E-state index in [1.165, 1.54) is 0 Å². The van der Waals surface area contributed by atoms with Crippen LogP contribution in [0.2, 0.25) is 5.02 Å². The van der Waals surface area contributed by atoms with Gasteiger partial charge in [0.05, 0.1) is 13.2 Å². The highest BCUT2D eigenvalue weighted by Gasteiger charge is 2.67. The standard InChI is InChI=1S/C28H28ClNO7/c1-16(30)18-4-9-22(10-5-18)36-21-7-2-17(3-8-21)12-19-13-20(6-11-23(19)29)28-26(34)24(32)25(33)27(14-31,37-28)15-35-28/h2-11,13,24-26,30-34H,12,14-15H2,1H3/t24-,25-,26+,27-,28-/m0/s1. The number of fused-ring (bicyclic) bond motifs is 2. The van der Waals surface area contributed by atoms with E-state index in [4.69, 9.17) is 31.2 Å². The third kappa shape index (κ3) is 4.55. The lowest BCUT2D eigenvalue weighted by atomic mass is 9.83. The van der Waals surface area contributed by atoms with Crippen molar-refractivity contribution < 1.29 is 34.6 Å². The Morgan fingerprint density at radius 1 is 1.00 bits per heavy atom. The molecule has 8 nitrogen and oxygen atoms in total. The molecule has 2 aliphatic heterocycles. The quantitative estimate of drug-likeness (QED) is 0.299. The van der Waals surface area contributed by atoms with Gasteiger partial charge in [-0.25, -0.2) is 0 Å². The van der Waals surface area contributed by atoms with Crippen LogP contribution in [0.3, 0.4) is 0 Å². The molecule has 3 aromatic rings. The first-order valence-corrected chi connectivity index (χ1v) is 12.3. The molecule has 5 N–H and O–H groups in total. The summed E-state index contributed by atoms with van der Waals surface area (Å²) in [6.07, 6.45) is -4.19. The molecule has 0 saturated carbocycles. The average Bonchev–Trinajstić information content (AvgIpc) is 3.29. The molecule has 9 heteroatoms. The van der Waals surface area contributed by atoms with Gasteiger partial charge in [-0.1, -0.05) is 29.8 Å². The third-order valence-corrected chi connectivity index (χ3v) is 7.39. The molecule has 2 heterocycles. The zero-order valence-electron chi connectivity index (χ0n) is 20.1. The molecular formula is C28H28ClNO7. The van der Waals surface area contributed by atoms with Crippen LogP contribution in [0, 0.1) is 5.41 Å². The Morgan fingerprint density at radius 3 is 2.27 bits per heavy atom. The van der Waals surface area contributed by atoms with Crippen LogP contribution in [-0.2, 0) is 21.7 Å². The van der Waals surface area contributed by atoms with E-state index < -0.39 is 36.3 Å². The summed E-state index contributed by atoms with van der Waals surface area (Å²) in [4.78, 5) is 0. The Hall–Kier alpha value is -2.82. The molecule has 0 unspecified atom stereocenters. The van der Waals surface area contributed by atoms with Gasteiger partial charge < -0.3 is 40.0 Å². The molecule has 0 aromatic heterocycles. The number of aliphatic hydroxyl groups is 4. The highest BCUT2D eigenvalue weighted by Crippen LogP contribution is 2.49. The van der Waals surface area contributed by atoms with Crippen LogP contribution >= 0.6 is 11.6 Å². The summed E-state index contributed by atoms with van der Waals surface area (Å²) >= 11 is 6.49. The topological polar surface area (TPSA) is 132 Å². The Balaban J connectivity index is 1.35. The molecule has 0 aliphatic carbocycles. The van der Waals surface area contributed by atoms with E-state index in [0.717, 1.165) is 16.7 Å². The molecule has 0 amide bonds. The zero-order valence-corrected chi connectivity index (χ0v) is 20.9. The second-order valence-electron chi connectivity index (χ2n) is 9.54. The van der Waals surface area contributed by atoms with Crippen molar-refractivity contribution in [2.45, 2.75) is 43.0 Å². The van der Waals surface area contributed by atoms with Crippen molar-refractivity contribution >= 4 is 17.3 Å². The van der Waals surface area contributed by atoms with Crippen LogP contribution in [0.15, 0.2) is 66.7 Å². The van der Waals surface area contributed by atoms with Gasteiger partial charge in [0, 0.05) is 16.3 Å². The number of benzene rings is 3. The molecule has 0 radical (unpaired) electrons. The fourth-order valence-corrected chi connectivity index (χ4v) is 4.99. The molecule has 2 fully saturated rings. The molecule has 5 rings (SSSR count). The molecular weight excluding hydrogens is 498 g/mol. The van der Waals surface area contributed by atoms with Crippen LogP contribution < -0.4 is 4.74 Å². The highest BCUT2D eigenvalue weighted by atomic mass is 35.5. The lowest BCUT2D eigenvalue weighted by molar-refractivity contribution is -0.329. The number of aliphatic hydroxyl groups excluding tert-OH is 4. The summed E-state index contributed by atoms with van der Waals surface area (Å²) in [6, 6.07) is 19.9. The second-order valence-corrected chi connectivity index (χ2v) is 9.95. The number of hydrogen-bond acceptors (Lipinski definition) is 8. The Bertz CT molecular complexity index is 1300. The van der Waals surface area contributed by atoms with Crippen molar-refractivity contribution in [2.24, 2.45) is 0 Å². The minimum atomic E-state index is -1.75. The molecule has 2 aliphatic rings. The molecule has 2 bridgehead atoms. The summed E-state index contributed by atoms with van der Waals surface area (Å²) in [6.45, 7) is 0.959. The Morgan fingerprint density at radius 2 is 1.65 bits per heavy atom. The van der Waals surface area contributed by atoms with Crippen molar-refractivity contribution in [3.8, 4) is 11.5 Å². The van der Waals surface area contributed by atoms with E-state index in [1.54, 1.807) is 25.1 Å². The Kier molecular flexibility index (Phi) is 6.84. The number of halogens is 1. The SMILES string of the molecule is CC(=N)c1ccc(Oc2ccc(Cc3cc([C@]45OC[C@](CO)(O4)[C@@H](O)[C@H](O)[C@H]5O)ccc3Cl)cc2)cc1. The van der Waals surface area contributed by atoms with E-state index >= 15 is 0 Å². The molecule has 2 saturated heterocycles. The van der Waals surface area contributed by atoms with Gasteiger partial charge in [-0.05, 0) is 78.6 Å². The van der Waals surface area contributed by atoms with Gasteiger partial charge in [-0.3, -0.25) is 0 Å². The summed E-state index contributed by atoms with van der Waals surface area (Å²) in [7, 11) is 0. The van der Waals surface area contributed by atoms with Crippen LogP contribution in [-0.4, -0.2) is 63.3 Å². The highest BCUT2D eigenvalue weighted by molar-refractivity contribution is 6.31. The van der Waals surface area contributed by atoms with Gasteiger partial charge >= 0.3 is 0 Å². The van der Waals surface area contributed by atoms with Gasteiger partial charge in [0.2, 0.25) is 5.79 Å². The Labute approximate surface area is 219 Å². The van der Waals surface area contributed by atoms with Crippen LogP contribution in [0.1, 0.15) is 29.2 Å². The van der Waals surface area contributed by atoms with E-state index in [9.17, 15) is 20.4 Å². The predicted octanol–water partition coefficient (Wildman–Crippen LogP) is 3.14. The summed E-state index contributed by atoms with van der Waals surface area (Å²) in [5.41, 5.74) is 1.90. The molecule has 5 atom stereocenters. The van der Waals surface area contributed by atoms with E-state index in [0.29, 0.717) is 34.2 Å². The lowest BCUT2D eigenvalue weighted by Crippen LogP contribution is -2.65. The number of ether oxygens (including phenoxy) is 3. The van der Waals surface area contributed by atoms with Crippen LogP contribution in [0.25, 0.3) is 0 Å². The fourth-order valence-electron chi connectivity index (χ4n) is 4.81. The lowest BCUT2D eigenvalue weighted by Gasteiger charge is -2.46. The summed E-state index contributed by atoms with van der Waals surface area (Å²) < 4.78 is 17.7.